The Morgan fingerprint density at radius 1 is 0.840 bits per heavy atom. The lowest BCUT2D eigenvalue weighted by Gasteiger charge is -2.46. The molecule has 0 amide bonds. The van der Waals surface area contributed by atoms with Crippen LogP contribution in [0.3, 0.4) is 0 Å². The molecule has 3 aliphatic rings. The summed E-state index contributed by atoms with van der Waals surface area (Å²) in [7, 11) is 2.23. The Balaban J connectivity index is 0.000000181. The van der Waals surface area contributed by atoms with E-state index in [0.717, 1.165) is 6.04 Å². The van der Waals surface area contributed by atoms with E-state index in [2.05, 4.69) is 75.1 Å². The van der Waals surface area contributed by atoms with E-state index in [4.69, 9.17) is 0 Å². The van der Waals surface area contributed by atoms with Crippen molar-refractivity contribution in [1.29, 1.82) is 0 Å². The van der Waals surface area contributed by atoms with Gasteiger partial charge in [-0.1, -0.05) is 0 Å². The fourth-order valence-corrected chi connectivity index (χ4v) is 4.71. The predicted molar refractivity (Wildman–Crippen MR) is 109 cm³/mol. The maximum Gasteiger partial charge on any atom is 0.0309 e. The van der Waals surface area contributed by atoms with E-state index in [1.54, 1.807) is 0 Å². The number of likely N-dealkylation sites (N-methyl/N-ethyl adjacent to an activating group) is 1. The molecular weight excluding hydrogens is 308 g/mol. The van der Waals surface area contributed by atoms with Crippen molar-refractivity contribution in [3.05, 3.63) is 0 Å². The van der Waals surface area contributed by atoms with E-state index in [0.29, 0.717) is 23.7 Å². The summed E-state index contributed by atoms with van der Waals surface area (Å²) in [5, 5.41) is 0. The molecule has 3 fully saturated rings. The minimum atomic E-state index is 0.502. The Bertz CT molecular complexity index is 399. The molecule has 3 saturated heterocycles. The summed E-state index contributed by atoms with van der Waals surface area (Å²) in [5.41, 5.74) is 0.502. The van der Waals surface area contributed by atoms with Crippen molar-refractivity contribution >= 4 is 0 Å². The van der Waals surface area contributed by atoms with Gasteiger partial charge < -0.3 is 0 Å². The molecule has 0 aromatic carbocycles. The van der Waals surface area contributed by atoms with Crippen LogP contribution in [-0.4, -0.2) is 95.6 Å². The van der Waals surface area contributed by atoms with Crippen LogP contribution in [0.4, 0.5) is 0 Å². The summed E-state index contributed by atoms with van der Waals surface area (Å²) in [6.07, 6.45) is 2.80. The molecule has 3 rings (SSSR count). The second-order valence-electron chi connectivity index (χ2n) is 9.56. The van der Waals surface area contributed by atoms with E-state index in [-0.39, 0.29) is 0 Å². The number of hydrogen-bond donors (Lipinski definition) is 0. The molecule has 148 valence electrons. The zero-order valence-corrected chi connectivity index (χ0v) is 18.3. The summed E-state index contributed by atoms with van der Waals surface area (Å²) < 4.78 is 0. The molecule has 4 nitrogen and oxygen atoms in total. The first-order valence-electron chi connectivity index (χ1n) is 10.6. The van der Waals surface area contributed by atoms with Gasteiger partial charge in [-0.05, 0) is 74.9 Å². The zero-order chi connectivity index (χ0) is 18.8. The van der Waals surface area contributed by atoms with Gasteiger partial charge in [0.15, 0.2) is 0 Å². The average Bonchev–Trinajstić information content (AvgIpc) is 2.93. The van der Waals surface area contributed by atoms with Gasteiger partial charge >= 0.3 is 0 Å². The lowest BCUT2D eigenvalue weighted by molar-refractivity contribution is 0.0244. The Kier molecular flexibility index (Phi) is 7.35. The summed E-state index contributed by atoms with van der Waals surface area (Å²) >= 11 is 0. The number of rotatable bonds is 2. The van der Waals surface area contributed by atoms with Crippen molar-refractivity contribution in [2.24, 2.45) is 0 Å². The van der Waals surface area contributed by atoms with Crippen LogP contribution in [0.2, 0.25) is 0 Å². The highest BCUT2D eigenvalue weighted by molar-refractivity contribution is 4.98. The predicted octanol–water partition coefficient (Wildman–Crippen LogP) is 2.98. The van der Waals surface area contributed by atoms with Gasteiger partial charge in [0.25, 0.3) is 0 Å². The molecule has 25 heavy (non-hydrogen) atoms. The molecule has 0 aromatic rings. The topological polar surface area (TPSA) is 13.0 Å². The van der Waals surface area contributed by atoms with Gasteiger partial charge in [-0.3, -0.25) is 19.6 Å². The first kappa shape index (κ1) is 21.1. The molecule has 3 unspecified atom stereocenters. The third kappa shape index (κ3) is 5.18. The van der Waals surface area contributed by atoms with E-state index >= 15 is 0 Å². The molecule has 0 saturated carbocycles. The summed E-state index contributed by atoms with van der Waals surface area (Å²) in [6, 6.07) is 2.83. The molecule has 3 aliphatic heterocycles. The van der Waals surface area contributed by atoms with Crippen molar-refractivity contribution in [3.63, 3.8) is 0 Å². The van der Waals surface area contributed by atoms with E-state index in [1.165, 1.54) is 52.1 Å². The third-order valence-electron chi connectivity index (χ3n) is 6.96. The largest absolute Gasteiger partial charge is 0.298 e. The summed E-state index contributed by atoms with van der Waals surface area (Å²) in [5.74, 6) is 0. The molecule has 3 heterocycles. The van der Waals surface area contributed by atoms with E-state index in [9.17, 15) is 0 Å². The van der Waals surface area contributed by atoms with Crippen molar-refractivity contribution < 1.29 is 0 Å². The standard InChI is InChI=1S/C11H22N2.C10H22N2/c1-10(2)12-7-8-13-6-4-5-11(13,3)9-12;1-8(2)12-6-9(3)11(5)10(4)7-12/h10H,4-9H2,1-3H3;8-10H,6-7H2,1-5H3. The SMILES string of the molecule is CC(C)N1CC(C)N(C)C(C)C1.CC(C)N1CCN2CCCC2(C)C1. The molecule has 4 heteroatoms. The van der Waals surface area contributed by atoms with Gasteiger partial charge in [0.1, 0.15) is 0 Å². The molecule has 0 aliphatic carbocycles. The first-order chi connectivity index (χ1) is 11.6. The van der Waals surface area contributed by atoms with Crippen LogP contribution >= 0.6 is 0 Å². The van der Waals surface area contributed by atoms with Gasteiger partial charge in [-0.15, -0.1) is 0 Å². The maximum absolute atomic E-state index is 2.69. The second-order valence-corrected chi connectivity index (χ2v) is 9.56. The van der Waals surface area contributed by atoms with Gasteiger partial charge in [0.2, 0.25) is 0 Å². The number of fused-ring (bicyclic) bond motifs is 1. The lowest BCUT2D eigenvalue weighted by atomic mass is 9.95. The highest BCUT2D eigenvalue weighted by Gasteiger charge is 2.41. The highest BCUT2D eigenvalue weighted by Crippen LogP contribution is 2.32. The molecular formula is C21H44N4. The van der Waals surface area contributed by atoms with Crippen molar-refractivity contribution in [2.75, 3.05) is 46.3 Å². The third-order valence-corrected chi connectivity index (χ3v) is 6.96. The molecule has 0 radical (unpaired) electrons. The number of hydrogen-bond acceptors (Lipinski definition) is 4. The van der Waals surface area contributed by atoms with Crippen LogP contribution in [-0.2, 0) is 0 Å². The Morgan fingerprint density at radius 3 is 1.92 bits per heavy atom. The second kappa shape index (κ2) is 8.69. The zero-order valence-electron chi connectivity index (χ0n) is 18.3. The Labute approximate surface area is 157 Å². The molecule has 0 N–H and O–H groups in total. The Morgan fingerprint density at radius 2 is 1.40 bits per heavy atom. The van der Waals surface area contributed by atoms with Crippen molar-refractivity contribution in [2.45, 2.75) is 91.0 Å². The quantitative estimate of drug-likeness (QED) is 0.757. The average molecular weight is 353 g/mol. The summed E-state index contributed by atoms with van der Waals surface area (Å²) in [6.45, 7) is 23.9. The maximum atomic E-state index is 2.69. The van der Waals surface area contributed by atoms with Crippen LogP contribution in [0.25, 0.3) is 0 Å². The number of nitrogens with zero attached hydrogens (tertiary/aromatic N) is 4. The van der Waals surface area contributed by atoms with Crippen LogP contribution < -0.4 is 0 Å². The van der Waals surface area contributed by atoms with Gasteiger partial charge in [0.05, 0.1) is 0 Å². The van der Waals surface area contributed by atoms with Crippen molar-refractivity contribution in [1.82, 2.24) is 19.6 Å². The van der Waals surface area contributed by atoms with E-state index < -0.39 is 0 Å². The Hall–Kier alpha value is -0.160. The fourth-order valence-electron chi connectivity index (χ4n) is 4.71. The number of piperazine rings is 2. The first-order valence-corrected chi connectivity index (χ1v) is 10.6. The van der Waals surface area contributed by atoms with E-state index in [1.807, 2.05) is 0 Å². The van der Waals surface area contributed by atoms with Crippen molar-refractivity contribution in [3.8, 4) is 0 Å². The highest BCUT2D eigenvalue weighted by atomic mass is 15.3. The molecule has 3 atom stereocenters. The van der Waals surface area contributed by atoms with Gasteiger partial charge in [0, 0.05) is 62.4 Å². The molecule has 0 spiro atoms. The van der Waals surface area contributed by atoms with Crippen LogP contribution in [0.5, 0.6) is 0 Å². The minimum Gasteiger partial charge on any atom is -0.298 e. The molecule has 0 aromatic heterocycles. The van der Waals surface area contributed by atoms with Crippen LogP contribution in [0, 0.1) is 0 Å². The minimum absolute atomic E-state index is 0.502. The smallest absolute Gasteiger partial charge is 0.0309 e. The summed E-state index contributed by atoms with van der Waals surface area (Å²) in [4.78, 5) is 10.3. The normalized spacial score (nSPS) is 35.8. The van der Waals surface area contributed by atoms with Crippen LogP contribution in [0.15, 0.2) is 0 Å². The van der Waals surface area contributed by atoms with Crippen LogP contribution in [0.1, 0.15) is 61.3 Å². The monoisotopic (exact) mass is 352 g/mol. The van der Waals surface area contributed by atoms with Gasteiger partial charge in [-0.25, -0.2) is 0 Å². The van der Waals surface area contributed by atoms with Gasteiger partial charge in [-0.2, -0.15) is 0 Å². The lowest BCUT2D eigenvalue weighted by Crippen LogP contribution is -2.58. The molecule has 0 bridgehead atoms. The fraction of sp³-hybridized carbons (Fsp3) is 1.00.